The lowest BCUT2D eigenvalue weighted by molar-refractivity contribution is 0.415. The molecule has 2 aromatic heterocycles. The molecule has 0 amide bonds. The number of rotatable bonds is 7. The minimum atomic E-state index is 0.210. The lowest BCUT2D eigenvalue weighted by Gasteiger charge is -2.24. The fourth-order valence-corrected chi connectivity index (χ4v) is 7.22. The van der Waals surface area contributed by atoms with Crippen LogP contribution in [-0.2, 0) is 12.8 Å². The zero-order chi connectivity index (χ0) is 29.6. The number of ether oxygens (including phenoxy) is 1. The van der Waals surface area contributed by atoms with Gasteiger partial charge in [0, 0.05) is 41.0 Å². The molecule has 2 N–H and O–H groups in total. The molecule has 0 aliphatic carbocycles. The molecule has 1 atom stereocenters. The summed E-state index contributed by atoms with van der Waals surface area (Å²) in [5, 5.41) is 2.60. The van der Waals surface area contributed by atoms with Crippen LogP contribution in [0.25, 0.3) is 32.9 Å². The topological polar surface area (TPSA) is 65.5 Å². The number of H-pyrrole nitrogens is 2. The minimum Gasteiger partial charge on any atom is -0.497 e. The van der Waals surface area contributed by atoms with Crippen molar-refractivity contribution in [2.45, 2.75) is 38.5 Å². The van der Waals surface area contributed by atoms with Gasteiger partial charge in [0.2, 0.25) is 0 Å². The lowest BCUT2D eigenvalue weighted by atomic mass is 9.84. The van der Waals surface area contributed by atoms with Crippen LogP contribution in [0, 0.1) is 6.92 Å². The number of nitrogens with one attached hydrogen (secondary N) is 2. The Morgan fingerprint density at radius 1 is 0.682 bits per heavy atom. The Morgan fingerprint density at radius 3 is 2.00 bits per heavy atom. The predicted octanol–water partition coefficient (Wildman–Crippen LogP) is 8.59. The number of fused-ring (bicyclic) bond motifs is 6. The van der Waals surface area contributed by atoms with E-state index in [4.69, 9.17) is 14.7 Å². The summed E-state index contributed by atoms with van der Waals surface area (Å²) in [4.78, 5) is 17.8. The van der Waals surface area contributed by atoms with E-state index < -0.39 is 0 Å². The number of aliphatic imine (C=N–C) groups is 2. The average molecular weight is 577 g/mol. The fraction of sp³-hybridized carbons (Fsp3) is 0.231. The summed E-state index contributed by atoms with van der Waals surface area (Å²) in [5.41, 5.74) is 14.9. The van der Waals surface area contributed by atoms with E-state index in [-0.39, 0.29) is 5.92 Å². The molecule has 1 unspecified atom stereocenters. The number of hydrogen-bond acceptors (Lipinski definition) is 3. The first-order valence-electron chi connectivity index (χ1n) is 15.7. The quantitative estimate of drug-likeness (QED) is 0.196. The van der Waals surface area contributed by atoms with Crippen LogP contribution < -0.4 is 4.74 Å². The van der Waals surface area contributed by atoms with Gasteiger partial charge in [0.25, 0.3) is 0 Å². The molecule has 6 aromatic rings. The van der Waals surface area contributed by atoms with Crippen molar-refractivity contribution in [2.75, 3.05) is 20.2 Å². The zero-order valence-electron chi connectivity index (χ0n) is 25.3. The van der Waals surface area contributed by atoms with Crippen LogP contribution in [0.2, 0.25) is 0 Å². The van der Waals surface area contributed by atoms with Crippen LogP contribution >= 0.6 is 0 Å². The van der Waals surface area contributed by atoms with Gasteiger partial charge < -0.3 is 14.7 Å². The summed E-state index contributed by atoms with van der Waals surface area (Å²) in [5.74, 6) is 1.08. The maximum atomic E-state index is 5.53. The second-order valence-electron chi connectivity index (χ2n) is 12.2. The van der Waals surface area contributed by atoms with Crippen LogP contribution in [0.3, 0.4) is 0 Å². The van der Waals surface area contributed by atoms with E-state index in [0.29, 0.717) is 0 Å². The van der Waals surface area contributed by atoms with Gasteiger partial charge in [-0.1, -0.05) is 66.7 Å². The fourth-order valence-electron chi connectivity index (χ4n) is 7.22. The Bertz CT molecular complexity index is 2080. The zero-order valence-corrected chi connectivity index (χ0v) is 25.3. The highest BCUT2D eigenvalue weighted by Gasteiger charge is 2.27. The summed E-state index contributed by atoms with van der Waals surface area (Å²) >= 11 is 0. The van der Waals surface area contributed by atoms with Gasteiger partial charge in [0.1, 0.15) is 5.75 Å². The van der Waals surface area contributed by atoms with E-state index in [1.807, 2.05) is 0 Å². The molecule has 0 spiro atoms. The monoisotopic (exact) mass is 576 g/mol. The molecule has 0 saturated carbocycles. The first-order chi connectivity index (χ1) is 21.6. The molecule has 5 nitrogen and oxygen atoms in total. The lowest BCUT2D eigenvalue weighted by Crippen LogP contribution is -2.20. The minimum absolute atomic E-state index is 0.210. The molecule has 4 heterocycles. The van der Waals surface area contributed by atoms with Crippen LogP contribution in [0.15, 0.2) is 101 Å². The summed E-state index contributed by atoms with van der Waals surface area (Å²) in [6.07, 6.45) is 3.61. The van der Waals surface area contributed by atoms with Crippen LogP contribution in [0.5, 0.6) is 5.75 Å². The van der Waals surface area contributed by atoms with Gasteiger partial charge in [-0.2, -0.15) is 0 Å². The largest absolute Gasteiger partial charge is 0.497 e. The van der Waals surface area contributed by atoms with Gasteiger partial charge >= 0.3 is 0 Å². The summed E-state index contributed by atoms with van der Waals surface area (Å²) in [6, 6.07) is 32.8. The molecule has 44 heavy (non-hydrogen) atoms. The van der Waals surface area contributed by atoms with Gasteiger partial charge in [0.15, 0.2) is 0 Å². The highest BCUT2D eigenvalue weighted by molar-refractivity contribution is 6.09. The van der Waals surface area contributed by atoms with E-state index in [1.54, 1.807) is 7.11 Å². The Hall–Kier alpha value is -4.90. The third-order valence-corrected chi connectivity index (χ3v) is 9.43. The summed E-state index contributed by atoms with van der Waals surface area (Å²) < 4.78 is 5.53. The third kappa shape index (κ3) is 4.73. The van der Waals surface area contributed by atoms with Gasteiger partial charge in [-0.15, -0.1) is 0 Å². The second-order valence-corrected chi connectivity index (χ2v) is 12.2. The molecule has 2 aliphatic heterocycles. The highest BCUT2D eigenvalue weighted by atomic mass is 16.5. The summed E-state index contributed by atoms with van der Waals surface area (Å²) in [7, 11) is 1.72. The van der Waals surface area contributed by atoms with Crippen molar-refractivity contribution in [2.24, 2.45) is 9.98 Å². The number of aromatic nitrogens is 2. The number of aryl methyl sites for hydroxylation is 1. The van der Waals surface area contributed by atoms with Gasteiger partial charge in [-0.05, 0) is 90.1 Å². The normalized spacial score (nSPS) is 15.0. The number of nitrogens with zero attached hydrogens (tertiary/aromatic N) is 2. The molecule has 0 radical (unpaired) electrons. The molecule has 0 fully saturated rings. The first kappa shape index (κ1) is 26.7. The van der Waals surface area contributed by atoms with Crippen LogP contribution in [-0.4, -0.2) is 41.6 Å². The predicted molar refractivity (Wildman–Crippen MR) is 182 cm³/mol. The van der Waals surface area contributed by atoms with Crippen molar-refractivity contribution in [3.8, 4) is 16.9 Å². The molecular weight excluding hydrogens is 540 g/mol. The Kier molecular flexibility index (Phi) is 6.67. The Balaban J connectivity index is 1.20. The van der Waals surface area contributed by atoms with Crippen molar-refractivity contribution in [3.05, 3.63) is 125 Å². The number of benzene rings is 4. The molecule has 0 saturated heterocycles. The molecule has 0 bridgehead atoms. The van der Waals surface area contributed by atoms with Gasteiger partial charge in [0.05, 0.1) is 29.9 Å². The molecular formula is C39H36N4O. The maximum absolute atomic E-state index is 5.53. The van der Waals surface area contributed by atoms with E-state index in [2.05, 4.69) is 108 Å². The van der Waals surface area contributed by atoms with E-state index in [0.717, 1.165) is 55.8 Å². The first-order valence-corrected chi connectivity index (χ1v) is 15.7. The summed E-state index contributed by atoms with van der Waals surface area (Å²) in [6.45, 7) is 3.79. The van der Waals surface area contributed by atoms with Gasteiger partial charge in [-0.25, -0.2) is 0 Å². The SMILES string of the molecule is COc1ccc2c3c([nH]c2c1)C(CC(CC1=NCCc2c1[nH]c1cc(C)ccc21)c1cccc(-c2ccccc2)c1)=NCC3. The van der Waals surface area contributed by atoms with E-state index in [1.165, 1.54) is 66.8 Å². The maximum Gasteiger partial charge on any atom is 0.120 e. The van der Waals surface area contributed by atoms with Crippen molar-refractivity contribution in [3.63, 3.8) is 0 Å². The molecule has 8 rings (SSSR count). The second kappa shape index (κ2) is 11.0. The highest BCUT2D eigenvalue weighted by Crippen LogP contribution is 2.36. The Labute approximate surface area is 257 Å². The van der Waals surface area contributed by atoms with Crippen LogP contribution in [0.4, 0.5) is 0 Å². The van der Waals surface area contributed by atoms with Crippen molar-refractivity contribution >= 4 is 33.2 Å². The Morgan fingerprint density at radius 2 is 1.32 bits per heavy atom. The third-order valence-electron chi connectivity index (χ3n) is 9.43. The smallest absolute Gasteiger partial charge is 0.120 e. The number of methoxy groups -OCH3 is 1. The van der Waals surface area contributed by atoms with Crippen molar-refractivity contribution in [1.29, 1.82) is 0 Å². The van der Waals surface area contributed by atoms with E-state index >= 15 is 0 Å². The molecule has 218 valence electrons. The standard InChI is InChI=1S/C39H36N4O/c1-24-11-13-30-32-15-17-40-36(38(32)42-34(30)19-24)21-28(27-10-6-9-26(20-27)25-7-4-3-5-8-25)22-37-39-33(16-18-41-37)31-14-12-29(44-2)23-35(31)43-39/h3-14,19-20,23,28,42-43H,15-18,21-22H2,1-2H3. The number of hydrogen-bond donors (Lipinski definition) is 2. The van der Waals surface area contributed by atoms with Crippen LogP contribution in [0.1, 0.15) is 52.4 Å². The molecule has 5 heteroatoms. The van der Waals surface area contributed by atoms with Crippen molar-refractivity contribution < 1.29 is 4.74 Å². The average Bonchev–Trinajstić information content (AvgIpc) is 3.63. The molecule has 2 aliphatic rings. The van der Waals surface area contributed by atoms with Crippen molar-refractivity contribution in [1.82, 2.24) is 9.97 Å². The molecule has 4 aromatic carbocycles. The van der Waals surface area contributed by atoms with E-state index in [9.17, 15) is 0 Å². The number of aromatic amines is 2. The van der Waals surface area contributed by atoms with Gasteiger partial charge in [-0.3, -0.25) is 9.98 Å².